The summed E-state index contributed by atoms with van der Waals surface area (Å²) in [4.78, 5) is 0. The van der Waals surface area contributed by atoms with Crippen LogP contribution in [0.15, 0.2) is 22.7 Å². The Morgan fingerprint density at radius 1 is 1.05 bits per heavy atom. The third-order valence-electron chi connectivity index (χ3n) is 3.89. The minimum atomic E-state index is -0.171. The number of halogens is 2. The molecule has 0 heterocycles. The van der Waals surface area contributed by atoms with Crippen molar-refractivity contribution in [2.45, 2.75) is 71.3 Å². The van der Waals surface area contributed by atoms with E-state index < -0.39 is 0 Å². The van der Waals surface area contributed by atoms with Gasteiger partial charge in [0, 0.05) is 6.04 Å². The van der Waals surface area contributed by atoms with Crippen molar-refractivity contribution in [3.05, 3.63) is 34.1 Å². The summed E-state index contributed by atoms with van der Waals surface area (Å²) in [5.74, 6) is -0.171. The fourth-order valence-electron chi connectivity index (χ4n) is 2.67. The third-order valence-corrected chi connectivity index (χ3v) is 4.54. The Morgan fingerprint density at radius 2 is 1.71 bits per heavy atom. The van der Waals surface area contributed by atoms with Gasteiger partial charge in [-0.15, -0.1) is 0 Å². The molecule has 1 unspecified atom stereocenters. The molecule has 0 aromatic heterocycles. The molecule has 120 valence electrons. The van der Waals surface area contributed by atoms with Crippen LogP contribution in [-0.4, -0.2) is 6.54 Å². The third kappa shape index (κ3) is 7.42. The van der Waals surface area contributed by atoms with Crippen LogP contribution in [-0.2, 0) is 0 Å². The Kier molecular flexibility index (Phi) is 9.94. The Morgan fingerprint density at radius 3 is 2.33 bits per heavy atom. The minimum Gasteiger partial charge on any atom is -0.310 e. The molecule has 0 aliphatic carbocycles. The summed E-state index contributed by atoms with van der Waals surface area (Å²) in [6.07, 6.45) is 10.3. The molecule has 1 nitrogen and oxygen atoms in total. The highest BCUT2D eigenvalue weighted by atomic mass is 79.9. The van der Waals surface area contributed by atoms with Crippen LogP contribution in [0.1, 0.15) is 76.8 Å². The lowest BCUT2D eigenvalue weighted by Gasteiger charge is -2.18. The Bertz CT molecular complexity index is 395. The van der Waals surface area contributed by atoms with Gasteiger partial charge in [-0.2, -0.15) is 0 Å². The van der Waals surface area contributed by atoms with Crippen LogP contribution in [0.25, 0.3) is 0 Å². The van der Waals surface area contributed by atoms with Gasteiger partial charge in [-0.1, -0.05) is 64.9 Å². The zero-order valence-electron chi connectivity index (χ0n) is 13.4. The van der Waals surface area contributed by atoms with E-state index in [0.717, 1.165) is 18.5 Å². The first kappa shape index (κ1) is 18.6. The Hall–Kier alpha value is -0.410. The van der Waals surface area contributed by atoms with Gasteiger partial charge in [0.25, 0.3) is 0 Å². The van der Waals surface area contributed by atoms with Crippen molar-refractivity contribution in [3.63, 3.8) is 0 Å². The van der Waals surface area contributed by atoms with Gasteiger partial charge in [0.1, 0.15) is 5.82 Å². The first-order valence-corrected chi connectivity index (χ1v) is 9.16. The normalized spacial score (nSPS) is 12.6. The lowest BCUT2D eigenvalue weighted by molar-refractivity contribution is 0.473. The van der Waals surface area contributed by atoms with E-state index in [1.165, 1.54) is 44.9 Å². The van der Waals surface area contributed by atoms with Crippen LogP contribution in [0.5, 0.6) is 0 Å². The fourth-order valence-corrected chi connectivity index (χ4v) is 2.91. The number of rotatable bonds is 11. The lowest BCUT2D eigenvalue weighted by atomic mass is 9.99. The number of benzene rings is 1. The van der Waals surface area contributed by atoms with Crippen molar-refractivity contribution in [3.8, 4) is 0 Å². The second-order valence-electron chi connectivity index (χ2n) is 5.69. The molecular weight excluding hydrogens is 329 g/mol. The van der Waals surface area contributed by atoms with Gasteiger partial charge < -0.3 is 5.32 Å². The van der Waals surface area contributed by atoms with Crippen molar-refractivity contribution < 1.29 is 4.39 Å². The standard InChI is InChI=1S/C18H29BrFN/c1-3-5-6-7-8-9-10-11-18(21-4-2)15-12-13-16(19)17(20)14-15/h12-14,18,21H,3-11H2,1-2H3. The van der Waals surface area contributed by atoms with Gasteiger partial charge >= 0.3 is 0 Å². The molecule has 0 fully saturated rings. The van der Waals surface area contributed by atoms with E-state index in [2.05, 4.69) is 35.1 Å². The molecule has 0 aliphatic rings. The molecule has 0 amide bonds. The summed E-state index contributed by atoms with van der Waals surface area (Å²) in [6.45, 7) is 5.27. The molecule has 3 heteroatoms. The molecule has 0 aliphatic heterocycles. The second-order valence-corrected chi connectivity index (χ2v) is 6.55. The number of nitrogens with one attached hydrogen (secondary N) is 1. The van der Waals surface area contributed by atoms with Crippen molar-refractivity contribution in [1.29, 1.82) is 0 Å². The Balaban J connectivity index is 2.37. The summed E-state index contributed by atoms with van der Waals surface area (Å²) in [5.41, 5.74) is 1.06. The molecule has 0 radical (unpaired) electrons. The molecule has 1 aromatic carbocycles. The molecular formula is C18H29BrFN. The maximum Gasteiger partial charge on any atom is 0.137 e. The number of unbranched alkanes of at least 4 members (excludes halogenated alkanes) is 6. The van der Waals surface area contributed by atoms with Gasteiger partial charge in [-0.05, 0) is 46.6 Å². The van der Waals surface area contributed by atoms with E-state index in [4.69, 9.17) is 0 Å². The Labute approximate surface area is 137 Å². The maximum absolute atomic E-state index is 13.7. The average molecular weight is 358 g/mol. The number of hydrogen-bond donors (Lipinski definition) is 1. The van der Waals surface area contributed by atoms with Crippen LogP contribution >= 0.6 is 15.9 Å². The molecule has 0 bridgehead atoms. The summed E-state index contributed by atoms with van der Waals surface area (Å²) >= 11 is 3.22. The van der Waals surface area contributed by atoms with Gasteiger partial charge in [-0.3, -0.25) is 0 Å². The SMILES string of the molecule is CCCCCCCCCC(NCC)c1ccc(Br)c(F)c1. The first-order valence-electron chi connectivity index (χ1n) is 8.37. The summed E-state index contributed by atoms with van der Waals surface area (Å²) < 4.78 is 14.2. The van der Waals surface area contributed by atoms with Crippen LogP contribution < -0.4 is 5.32 Å². The highest BCUT2D eigenvalue weighted by Crippen LogP contribution is 2.24. The molecule has 21 heavy (non-hydrogen) atoms. The van der Waals surface area contributed by atoms with E-state index >= 15 is 0 Å². The molecule has 1 atom stereocenters. The van der Waals surface area contributed by atoms with Crippen LogP contribution in [0.4, 0.5) is 4.39 Å². The summed E-state index contributed by atoms with van der Waals surface area (Å²) in [6, 6.07) is 5.74. The van der Waals surface area contributed by atoms with E-state index in [-0.39, 0.29) is 11.9 Å². The predicted octanol–water partition coefficient (Wildman–Crippen LogP) is 6.38. The molecule has 1 N–H and O–H groups in total. The largest absolute Gasteiger partial charge is 0.310 e. The molecule has 0 saturated heterocycles. The van der Waals surface area contributed by atoms with E-state index in [9.17, 15) is 4.39 Å². The smallest absolute Gasteiger partial charge is 0.137 e. The highest BCUT2D eigenvalue weighted by Gasteiger charge is 2.11. The van der Waals surface area contributed by atoms with Crippen LogP contribution in [0, 0.1) is 5.82 Å². The first-order chi connectivity index (χ1) is 10.2. The van der Waals surface area contributed by atoms with Crippen molar-refractivity contribution in [2.75, 3.05) is 6.54 Å². The minimum absolute atomic E-state index is 0.171. The van der Waals surface area contributed by atoms with E-state index in [1.807, 2.05) is 6.07 Å². The quantitative estimate of drug-likeness (QED) is 0.453. The van der Waals surface area contributed by atoms with Gasteiger partial charge in [0.05, 0.1) is 4.47 Å². The van der Waals surface area contributed by atoms with Gasteiger partial charge in [-0.25, -0.2) is 4.39 Å². The van der Waals surface area contributed by atoms with Crippen molar-refractivity contribution >= 4 is 15.9 Å². The van der Waals surface area contributed by atoms with Crippen LogP contribution in [0.3, 0.4) is 0 Å². The van der Waals surface area contributed by atoms with Crippen LogP contribution in [0.2, 0.25) is 0 Å². The predicted molar refractivity (Wildman–Crippen MR) is 93.1 cm³/mol. The average Bonchev–Trinajstić information content (AvgIpc) is 2.48. The monoisotopic (exact) mass is 357 g/mol. The lowest BCUT2D eigenvalue weighted by Crippen LogP contribution is -2.21. The van der Waals surface area contributed by atoms with E-state index in [0.29, 0.717) is 4.47 Å². The van der Waals surface area contributed by atoms with Gasteiger partial charge in [0.2, 0.25) is 0 Å². The van der Waals surface area contributed by atoms with Crippen molar-refractivity contribution in [1.82, 2.24) is 5.32 Å². The summed E-state index contributed by atoms with van der Waals surface area (Å²) in [7, 11) is 0. The molecule has 1 rings (SSSR count). The topological polar surface area (TPSA) is 12.0 Å². The van der Waals surface area contributed by atoms with E-state index in [1.54, 1.807) is 12.1 Å². The van der Waals surface area contributed by atoms with Crippen molar-refractivity contribution in [2.24, 2.45) is 0 Å². The summed E-state index contributed by atoms with van der Waals surface area (Å²) in [5, 5.41) is 3.47. The molecule has 0 saturated carbocycles. The maximum atomic E-state index is 13.7. The fraction of sp³-hybridized carbons (Fsp3) is 0.667. The van der Waals surface area contributed by atoms with Gasteiger partial charge in [0.15, 0.2) is 0 Å². The molecule has 1 aromatic rings. The zero-order chi connectivity index (χ0) is 15.5. The highest BCUT2D eigenvalue weighted by molar-refractivity contribution is 9.10. The zero-order valence-corrected chi connectivity index (χ0v) is 15.0. The second kappa shape index (κ2) is 11.2. The number of hydrogen-bond acceptors (Lipinski definition) is 1. The molecule has 0 spiro atoms.